The summed E-state index contributed by atoms with van der Waals surface area (Å²) in [6.45, 7) is 0. The Morgan fingerprint density at radius 3 is 2.55 bits per heavy atom. The zero-order chi connectivity index (χ0) is 16.3. The molecule has 2 aromatic rings. The molecule has 22 heavy (non-hydrogen) atoms. The van der Waals surface area contributed by atoms with Crippen molar-refractivity contribution >= 4 is 40.5 Å². The van der Waals surface area contributed by atoms with E-state index in [0.29, 0.717) is 10.6 Å². The molecule has 0 aliphatic heterocycles. The molecule has 0 aromatic heterocycles. The zero-order valence-corrected chi connectivity index (χ0v) is 12.5. The van der Waals surface area contributed by atoms with Gasteiger partial charge in [0.15, 0.2) is 0 Å². The second-order valence-electron chi connectivity index (χ2n) is 4.36. The van der Waals surface area contributed by atoms with Crippen LogP contribution in [0.2, 0.25) is 5.02 Å². The van der Waals surface area contributed by atoms with E-state index in [0.717, 1.165) is 6.07 Å². The lowest BCUT2D eigenvalue weighted by molar-refractivity contribution is -0.384. The van der Waals surface area contributed by atoms with Gasteiger partial charge in [0, 0.05) is 28.4 Å². The van der Waals surface area contributed by atoms with E-state index in [-0.39, 0.29) is 16.9 Å². The van der Waals surface area contributed by atoms with Crippen LogP contribution < -0.4 is 5.32 Å². The molecule has 0 saturated heterocycles. The molecule has 8 heteroatoms. The van der Waals surface area contributed by atoms with Crippen LogP contribution in [0.3, 0.4) is 0 Å². The van der Waals surface area contributed by atoms with Crippen molar-refractivity contribution in [2.45, 2.75) is 5.50 Å². The molecule has 0 saturated carbocycles. The van der Waals surface area contributed by atoms with Crippen LogP contribution in [0.5, 0.6) is 0 Å². The quantitative estimate of drug-likeness (QED) is 0.366. The molecule has 0 spiro atoms. The van der Waals surface area contributed by atoms with Crippen molar-refractivity contribution in [1.29, 1.82) is 0 Å². The fourth-order valence-corrected chi connectivity index (χ4v) is 2.45. The van der Waals surface area contributed by atoms with E-state index in [1.54, 1.807) is 24.3 Å². The average Bonchev–Trinajstić information content (AvgIpc) is 2.47. The minimum absolute atomic E-state index is 0.209. The van der Waals surface area contributed by atoms with Gasteiger partial charge in [0.05, 0.1) is 10.5 Å². The summed E-state index contributed by atoms with van der Waals surface area (Å²) in [5.41, 5.74) is -0.525. The number of alkyl halides is 1. The number of carboxylic acid groups (broad SMARTS) is 1. The van der Waals surface area contributed by atoms with Gasteiger partial charge >= 0.3 is 5.97 Å². The van der Waals surface area contributed by atoms with E-state index in [4.69, 9.17) is 28.3 Å². The van der Waals surface area contributed by atoms with Gasteiger partial charge in [-0.15, -0.1) is 0 Å². The van der Waals surface area contributed by atoms with Gasteiger partial charge in [-0.1, -0.05) is 41.4 Å². The first-order chi connectivity index (χ1) is 10.4. The van der Waals surface area contributed by atoms with Crippen molar-refractivity contribution in [1.82, 2.24) is 0 Å². The molecule has 0 bridgehead atoms. The van der Waals surface area contributed by atoms with Crippen LogP contribution in [0.15, 0.2) is 42.5 Å². The highest BCUT2D eigenvalue weighted by molar-refractivity contribution is 6.33. The van der Waals surface area contributed by atoms with Crippen LogP contribution in [0.25, 0.3) is 0 Å². The highest BCUT2D eigenvalue weighted by Crippen LogP contribution is 2.30. The van der Waals surface area contributed by atoms with Crippen molar-refractivity contribution in [3.8, 4) is 0 Å². The lowest BCUT2D eigenvalue weighted by Crippen LogP contribution is -2.07. The number of nitro groups is 1. The van der Waals surface area contributed by atoms with Gasteiger partial charge in [-0.05, 0) is 12.1 Å². The third-order valence-corrected chi connectivity index (χ3v) is 3.54. The van der Waals surface area contributed by atoms with Crippen LogP contribution in [-0.4, -0.2) is 16.0 Å². The van der Waals surface area contributed by atoms with E-state index in [9.17, 15) is 14.9 Å². The van der Waals surface area contributed by atoms with E-state index >= 15 is 0 Å². The Labute approximate surface area is 135 Å². The molecule has 2 N–H and O–H groups in total. The molecule has 2 rings (SSSR count). The number of non-ortho nitro benzene ring substituents is 1. The maximum atomic E-state index is 11.0. The average molecular weight is 341 g/mol. The summed E-state index contributed by atoms with van der Waals surface area (Å²) in [4.78, 5) is 21.2. The van der Waals surface area contributed by atoms with Crippen molar-refractivity contribution < 1.29 is 14.8 Å². The number of carboxylic acids is 1. The first-order valence-corrected chi connectivity index (χ1v) is 6.87. The molecule has 0 fully saturated rings. The lowest BCUT2D eigenvalue weighted by atomic mass is 10.1. The zero-order valence-electron chi connectivity index (χ0n) is 11.0. The van der Waals surface area contributed by atoms with E-state index in [1.807, 2.05) is 0 Å². The van der Waals surface area contributed by atoms with Gasteiger partial charge in [-0.25, -0.2) is 4.79 Å². The van der Waals surface area contributed by atoms with Gasteiger partial charge < -0.3 is 10.4 Å². The normalized spacial score (nSPS) is 11.7. The van der Waals surface area contributed by atoms with Crippen LogP contribution in [0.4, 0.5) is 11.4 Å². The largest absolute Gasteiger partial charge is 0.478 e. The van der Waals surface area contributed by atoms with E-state index < -0.39 is 16.4 Å². The number of rotatable bonds is 5. The summed E-state index contributed by atoms with van der Waals surface area (Å²) in [5.74, 6) is -1.27. The molecule has 6 nitrogen and oxygen atoms in total. The number of aromatic carboxylic acids is 1. The SMILES string of the molecule is O=C(O)c1cc(NC(Cl)c2ccccc2Cl)cc([N+](=O)[O-])c1. The molecule has 1 atom stereocenters. The van der Waals surface area contributed by atoms with Crippen molar-refractivity contribution in [2.24, 2.45) is 0 Å². The third-order valence-electron chi connectivity index (χ3n) is 2.85. The van der Waals surface area contributed by atoms with Crippen molar-refractivity contribution in [3.63, 3.8) is 0 Å². The maximum absolute atomic E-state index is 11.0. The molecule has 114 valence electrons. The van der Waals surface area contributed by atoms with E-state index in [1.165, 1.54) is 12.1 Å². The molecule has 0 amide bonds. The number of halogens is 2. The molecule has 0 aliphatic carbocycles. The maximum Gasteiger partial charge on any atom is 0.336 e. The summed E-state index contributed by atoms with van der Waals surface area (Å²) in [5, 5.41) is 23.1. The molecular formula is C14H10Cl2N2O4. The number of hydrogen-bond donors (Lipinski definition) is 2. The predicted molar refractivity (Wildman–Crippen MR) is 83.7 cm³/mol. The topological polar surface area (TPSA) is 92.5 Å². The van der Waals surface area contributed by atoms with E-state index in [2.05, 4.69) is 5.32 Å². The predicted octanol–water partition coefficient (Wildman–Crippen LogP) is 4.30. The monoisotopic (exact) mass is 340 g/mol. The highest BCUT2D eigenvalue weighted by atomic mass is 35.5. The first-order valence-electron chi connectivity index (χ1n) is 6.06. The van der Waals surface area contributed by atoms with Crippen molar-refractivity contribution in [2.75, 3.05) is 5.32 Å². The summed E-state index contributed by atoms with van der Waals surface area (Å²) in [6, 6.07) is 10.3. The lowest BCUT2D eigenvalue weighted by Gasteiger charge is -2.15. The first kappa shape index (κ1) is 16.1. The molecule has 0 aliphatic rings. The van der Waals surface area contributed by atoms with Crippen molar-refractivity contribution in [3.05, 3.63) is 68.7 Å². The Morgan fingerprint density at radius 1 is 1.27 bits per heavy atom. The molecule has 0 radical (unpaired) electrons. The Hall–Kier alpha value is -2.31. The Bertz CT molecular complexity index is 704. The van der Waals surface area contributed by atoms with Crippen LogP contribution in [-0.2, 0) is 0 Å². The van der Waals surface area contributed by atoms with Crippen LogP contribution in [0, 0.1) is 10.1 Å². The molecule has 0 heterocycles. The summed E-state index contributed by atoms with van der Waals surface area (Å²) in [6.07, 6.45) is 0. The van der Waals surface area contributed by atoms with Gasteiger partial charge in [0.2, 0.25) is 0 Å². The molecular weight excluding hydrogens is 331 g/mol. The number of carbonyl (C=O) groups is 1. The Kier molecular flexibility index (Phi) is 4.85. The number of nitrogens with zero attached hydrogens (tertiary/aromatic N) is 1. The number of anilines is 1. The number of nitro benzene ring substituents is 1. The number of benzene rings is 2. The van der Waals surface area contributed by atoms with Gasteiger partial charge in [0.1, 0.15) is 5.50 Å². The van der Waals surface area contributed by atoms with Crippen LogP contribution >= 0.6 is 23.2 Å². The standard InChI is InChI=1S/C14H10Cl2N2O4/c15-12-4-2-1-3-11(12)13(16)17-9-5-8(14(19)20)6-10(7-9)18(21)22/h1-7,13,17H,(H,19,20). The van der Waals surface area contributed by atoms with Crippen LogP contribution in [0.1, 0.15) is 21.4 Å². The molecule has 1 unspecified atom stereocenters. The number of hydrogen-bond acceptors (Lipinski definition) is 4. The fraction of sp³-hybridized carbons (Fsp3) is 0.0714. The minimum Gasteiger partial charge on any atom is -0.478 e. The second kappa shape index (κ2) is 6.64. The second-order valence-corrected chi connectivity index (χ2v) is 5.20. The van der Waals surface area contributed by atoms with Gasteiger partial charge in [0.25, 0.3) is 5.69 Å². The highest BCUT2D eigenvalue weighted by Gasteiger charge is 2.17. The van der Waals surface area contributed by atoms with Gasteiger partial charge in [-0.2, -0.15) is 0 Å². The smallest absolute Gasteiger partial charge is 0.336 e. The fourth-order valence-electron chi connectivity index (χ4n) is 1.83. The van der Waals surface area contributed by atoms with Gasteiger partial charge in [-0.3, -0.25) is 10.1 Å². The molecule has 2 aromatic carbocycles. The Morgan fingerprint density at radius 2 is 1.95 bits per heavy atom. The Balaban J connectivity index is 2.34. The summed E-state index contributed by atoms with van der Waals surface area (Å²) < 4.78 is 0. The summed E-state index contributed by atoms with van der Waals surface area (Å²) in [7, 11) is 0. The number of nitrogens with one attached hydrogen (secondary N) is 1. The third kappa shape index (κ3) is 3.66. The summed E-state index contributed by atoms with van der Waals surface area (Å²) >= 11 is 12.2. The minimum atomic E-state index is -1.27.